The van der Waals surface area contributed by atoms with Crippen LogP contribution in [0.15, 0.2) is 53.4 Å². The van der Waals surface area contributed by atoms with Crippen molar-refractivity contribution in [1.82, 2.24) is 4.90 Å². The highest BCUT2D eigenvalue weighted by atomic mass is 32.2. The number of thioether (sulfide) groups is 1. The molecule has 0 aliphatic carbocycles. The third-order valence-corrected chi connectivity index (χ3v) is 4.98. The number of amides is 2. The van der Waals surface area contributed by atoms with E-state index >= 15 is 0 Å². The third kappa shape index (κ3) is 3.91. The summed E-state index contributed by atoms with van der Waals surface area (Å²) in [5, 5.41) is -0.246. The summed E-state index contributed by atoms with van der Waals surface area (Å²) in [7, 11) is 3.13. The molecule has 134 valence electrons. The van der Waals surface area contributed by atoms with Crippen molar-refractivity contribution >= 4 is 29.0 Å². The van der Waals surface area contributed by atoms with E-state index in [1.807, 2.05) is 30.3 Å². The second-order valence-electron chi connectivity index (χ2n) is 5.68. The lowest BCUT2D eigenvalue weighted by Gasteiger charge is -2.12. The molecule has 0 saturated carbocycles. The van der Waals surface area contributed by atoms with Gasteiger partial charge in [0, 0.05) is 18.2 Å². The van der Waals surface area contributed by atoms with Crippen molar-refractivity contribution in [3.63, 3.8) is 0 Å². The van der Waals surface area contributed by atoms with Gasteiger partial charge in [-0.1, -0.05) is 30.3 Å². The predicted octanol–water partition coefficient (Wildman–Crippen LogP) is 3.98. The van der Waals surface area contributed by atoms with Gasteiger partial charge < -0.3 is 9.47 Å². The molecule has 0 unspecified atom stereocenters. The van der Waals surface area contributed by atoms with Crippen LogP contribution in [-0.4, -0.2) is 36.8 Å². The maximum Gasteiger partial charge on any atom is 0.293 e. The average molecular weight is 369 g/mol. The molecule has 0 atom stereocenters. The van der Waals surface area contributed by atoms with Crippen LogP contribution < -0.4 is 9.47 Å². The first kappa shape index (κ1) is 18.1. The molecule has 2 aromatic rings. The molecule has 1 fully saturated rings. The Hall–Kier alpha value is -2.73. The van der Waals surface area contributed by atoms with Gasteiger partial charge in [-0.25, -0.2) is 0 Å². The number of nitrogens with zero attached hydrogens (tertiary/aromatic N) is 1. The van der Waals surface area contributed by atoms with Crippen molar-refractivity contribution in [2.24, 2.45) is 0 Å². The number of rotatable bonds is 6. The van der Waals surface area contributed by atoms with Gasteiger partial charge in [-0.3, -0.25) is 14.5 Å². The van der Waals surface area contributed by atoms with E-state index in [1.165, 1.54) is 4.90 Å². The van der Waals surface area contributed by atoms with Crippen LogP contribution in [0.3, 0.4) is 0 Å². The molecule has 0 aromatic heterocycles. The summed E-state index contributed by atoms with van der Waals surface area (Å²) < 4.78 is 10.5. The van der Waals surface area contributed by atoms with Crippen LogP contribution in [0.5, 0.6) is 11.5 Å². The third-order valence-electron chi connectivity index (χ3n) is 4.07. The van der Waals surface area contributed by atoms with Crippen molar-refractivity contribution in [2.75, 3.05) is 20.8 Å². The molecule has 1 aliphatic heterocycles. The van der Waals surface area contributed by atoms with E-state index in [0.29, 0.717) is 29.4 Å². The molecule has 1 heterocycles. The number of carbonyl (C=O) groups is 2. The Kier molecular flexibility index (Phi) is 5.63. The highest BCUT2D eigenvalue weighted by molar-refractivity contribution is 8.18. The van der Waals surface area contributed by atoms with Crippen LogP contribution >= 0.6 is 11.8 Å². The molecule has 2 aromatic carbocycles. The Morgan fingerprint density at radius 3 is 2.50 bits per heavy atom. The summed E-state index contributed by atoms with van der Waals surface area (Å²) in [6.45, 7) is 0.367. The molecule has 26 heavy (non-hydrogen) atoms. The lowest BCUT2D eigenvalue weighted by molar-refractivity contribution is -0.122. The van der Waals surface area contributed by atoms with E-state index in [-0.39, 0.29) is 11.1 Å². The lowest BCUT2D eigenvalue weighted by Crippen LogP contribution is -2.30. The van der Waals surface area contributed by atoms with Crippen LogP contribution in [0.4, 0.5) is 4.79 Å². The zero-order valence-corrected chi connectivity index (χ0v) is 15.4. The minimum Gasteiger partial charge on any atom is -0.497 e. The summed E-state index contributed by atoms with van der Waals surface area (Å²) in [5.74, 6) is 0.976. The zero-order valence-electron chi connectivity index (χ0n) is 14.6. The van der Waals surface area contributed by atoms with Crippen molar-refractivity contribution in [3.8, 4) is 11.5 Å². The molecule has 1 aliphatic rings. The summed E-state index contributed by atoms with van der Waals surface area (Å²) in [6.07, 6.45) is 2.32. The van der Waals surface area contributed by atoms with Gasteiger partial charge in [0.15, 0.2) is 0 Å². The smallest absolute Gasteiger partial charge is 0.293 e. The number of carbonyl (C=O) groups excluding carboxylic acids is 2. The fraction of sp³-hybridized carbons (Fsp3) is 0.200. The Bertz CT molecular complexity index is 848. The number of methoxy groups -OCH3 is 2. The average Bonchev–Trinajstić information content (AvgIpc) is 2.94. The van der Waals surface area contributed by atoms with Crippen molar-refractivity contribution in [2.45, 2.75) is 6.42 Å². The Labute approximate surface area is 156 Å². The Morgan fingerprint density at radius 1 is 1.04 bits per heavy atom. The maximum absolute atomic E-state index is 12.6. The standard InChI is InChI=1S/C20H19NO4S/c1-24-16-9-8-15(17(13-16)25-2)12-18-19(22)21(20(23)26-18)11-10-14-6-4-3-5-7-14/h3-9,12-13H,10-11H2,1-2H3. The van der Waals surface area contributed by atoms with Crippen LogP contribution in [0, 0.1) is 0 Å². The quantitative estimate of drug-likeness (QED) is 0.721. The normalized spacial score (nSPS) is 15.6. The number of ether oxygens (including phenoxy) is 2. The fourth-order valence-electron chi connectivity index (χ4n) is 2.66. The van der Waals surface area contributed by atoms with Crippen LogP contribution in [0.25, 0.3) is 6.08 Å². The largest absolute Gasteiger partial charge is 0.497 e. The fourth-order valence-corrected chi connectivity index (χ4v) is 3.51. The van der Waals surface area contributed by atoms with E-state index in [4.69, 9.17) is 9.47 Å². The summed E-state index contributed by atoms with van der Waals surface area (Å²) >= 11 is 0.953. The summed E-state index contributed by atoms with van der Waals surface area (Å²) in [4.78, 5) is 26.5. The second kappa shape index (κ2) is 8.10. The van der Waals surface area contributed by atoms with E-state index in [0.717, 1.165) is 22.9 Å². The van der Waals surface area contributed by atoms with Crippen molar-refractivity contribution in [3.05, 3.63) is 64.6 Å². The SMILES string of the molecule is COc1ccc(C=C2SC(=O)N(CCc3ccccc3)C2=O)c(OC)c1. The molecule has 6 heteroatoms. The number of benzene rings is 2. The Balaban J connectivity index is 1.77. The highest BCUT2D eigenvalue weighted by Gasteiger charge is 2.34. The van der Waals surface area contributed by atoms with E-state index < -0.39 is 0 Å². The van der Waals surface area contributed by atoms with Crippen molar-refractivity contribution < 1.29 is 19.1 Å². The molecule has 0 N–H and O–H groups in total. The summed E-state index contributed by atoms with van der Waals surface area (Å²) in [5.41, 5.74) is 1.81. The molecule has 3 rings (SSSR count). The van der Waals surface area contributed by atoms with Gasteiger partial charge in [0.1, 0.15) is 11.5 Å². The first-order valence-corrected chi connectivity index (χ1v) is 8.95. The molecule has 2 amide bonds. The van der Waals surface area contributed by atoms with Gasteiger partial charge in [0.25, 0.3) is 11.1 Å². The lowest BCUT2D eigenvalue weighted by atomic mass is 10.1. The zero-order chi connectivity index (χ0) is 18.5. The monoisotopic (exact) mass is 369 g/mol. The highest BCUT2D eigenvalue weighted by Crippen LogP contribution is 2.35. The first-order valence-electron chi connectivity index (χ1n) is 8.13. The number of hydrogen-bond donors (Lipinski definition) is 0. The molecular formula is C20H19NO4S. The molecule has 0 radical (unpaired) electrons. The van der Waals surface area contributed by atoms with Gasteiger partial charge in [0.2, 0.25) is 0 Å². The van der Waals surface area contributed by atoms with Crippen molar-refractivity contribution in [1.29, 1.82) is 0 Å². The van der Waals surface area contributed by atoms with Gasteiger partial charge >= 0.3 is 0 Å². The minimum atomic E-state index is -0.270. The van der Waals surface area contributed by atoms with Gasteiger partial charge in [-0.15, -0.1) is 0 Å². The van der Waals surface area contributed by atoms with Crippen LogP contribution in [0.1, 0.15) is 11.1 Å². The van der Waals surface area contributed by atoms with E-state index in [1.54, 1.807) is 38.5 Å². The number of imide groups is 1. The van der Waals surface area contributed by atoms with Gasteiger partial charge in [-0.2, -0.15) is 0 Å². The van der Waals surface area contributed by atoms with Gasteiger partial charge in [-0.05, 0) is 42.0 Å². The molecule has 5 nitrogen and oxygen atoms in total. The minimum absolute atomic E-state index is 0.246. The van der Waals surface area contributed by atoms with E-state index in [9.17, 15) is 9.59 Å². The Morgan fingerprint density at radius 2 is 1.81 bits per heavy atom. The topological polar surface area (TPSA) is 55.8 Å². The van der Waals surface area contributed by atoms with E-state index in [2.05, 4.69) is 0 Å². The predicted molar refractivity (Wildman–Crippen MR) is 102 cm³/mol. The molecule has 0 bridgehead atoms. The van der Waals surface area contributed by atoms with Gasteiger partial charge in [0.05, 0.1) is 19.1 Å². The van der Waals surface area contributed by atoms with Crippen LogP contribution in [0.2, 0.25) is 0 Å². The molecule has 1 saturated heterocycles. The summed E-state index contributed by atoms with van der Waals surface area (Å²) in [6, 6.07) is 15.1. The first-order chi connectivity index (χ1) is 12.6. The van der Waals surface area contributed by atoms with Crippen LogP contribution in [-0.2, 0) is 11.2 Å². The second-order valence-corrected chi connectivity index (χ2v) is 6.67. The maximum atomic E-state index is 12.6. The number of hydrogen-bond acceptors (Lipinski definition) is 5. The molecule has 0 spiro atoms. The molecular weight excluding hydrogens is 350 g/mol.